The van der Waals surface area contributed by atoms with Crippen LogP contribution in [-0.2, 0) is 20.7 Å². The van der Waals surface area contributed by atoms with Crippen LogP contribution in [0.3, 0.4) is 0 Å². The van der Waals surface area contributed by atoms with E-state index in [0.29, 0.717) is 11.4 Å². The van der Waals surface area contributed by atoms with Gasteiger partial charge in [-0.3, -0.25) is 9.59 Å². The SMILES string of the molecule is C[C@@H](NC(=O)COC(=O)CCCc1cccs1)c1cccc(Cl)c1. The molecule has 0 aliphatic rings. The molecular weight excluding hydrogens is 346 g/mol. The van der Waals surface area contributed by atoms with Crippen molar-refractivity contribution in [2.45, 2.75) is 32.2 Å². The standard InChI is InChI=1S/C18H20ClNO3S/c1-13(14-5-2-6-15(19)11-14)20-17(21)12-23-18(22)9-3-7-16-8-4-10-24-16/h2,4-6,8,10-11,13H,3,7,9,12H2,1H3,(H,20,21)/t13-/m1/s1. The number of rotatable bonds is 8. The van der Waals surface area contributed by atoms with Crippen LogP contribution in [-0.4, -0.2) is 18.5 Å². The van der Waals surface area contributed by atoms with Crippen molar-refractivity contribution in [1.82, 2.24) is 5.32 Å². The van der Waals surface area contributed by atoms with Crippen LogP contribution in [0.5, 0.6) is 0 Å². The Morgan fingerprint density at radius 2 is 2.12 bits per heavy atom. The Labute approximate surface area is 150 Å². The lowest BCUT2D eigenvalue weighted by Crippen LogP contribution is -2.31. The maximum absolute atomic E-state index is 11.9. The summed E-state index contributed by atoms with van der Waals surface area (Å²) in [4.78, 5) is 24.8. The average Bonchev–Trinajstić information content (AvgIpc) is 3.06. The van der Waals surface area contributed by atoms with Crippen LogP contribution in [0.25, 0.3) is 0 Å². The van der Waals surface area contributed by atoms with Gasteiger partial charge in [0.15, 0.2) is 6.61 Å². The van der Waals surface area contributed by atoms with Crippen molar-refractivity contribution in [3.63, 3.8) is 0 Å². The van der Waals surface area contributed by atoms with Crippen molar-refractivity contribution in [1.29, 1.82) is 0 Å². The second-order valence-corrected chi connectivity index (χ2v) is 6.91. The zero-order valence-electron chi connectivity index (χ0n) is 13.5. The van der Waals surface area contributed by atoms with Crippen molar-refractivity contribution >= 4 is 34.8 Å². The first-order chi connectivity index (χ1) is 11.5. The molecule has 2 aromatic rings. The summed E-state index contributed by atoms with van der Waals surface area (Å²) in [6, 6.07) is 11.1. The van der Waals surface area contributed by atoms with Gasteiger partial charge in [-0.2, -0.15) is 0 Å². The van der Waals surface area contributed by atoms with Crippen LogP contribution in [0, 0.1) is 0 Å². The van der Waals surface area contributed by atoms with Crippen LogP contribution < -0.4 is 5.32 Å². The molecule has 4 nitrogen and oxygen atoms in total. The maximum atomic E-state index is 11.9. The summed E-state index contributed by atoms with van der Waals surface area (Å²) in [5.74, 6) is -0.675. The smallest absolute Gasteiger partial charge is 0.306 e. The van der Waals surface area contributed by atoms with Crippen molar-refractivity contribution in [2.75, 3.05) is 6.61 Å². The van der Waals surface area contributed by atoms with Gasteiger partial charge < -0.3 is 10.1 Å². The highest BCUT2D eigenvalue weighted by Crippen LogP contribution is 2.17. The van der Waals surface area contributed by atoms with Gasteiger partial charge in [0.2, 0.25) is 0 Å². The van der Waals surface area contributed by atoms with E-state index in [-0.39, 0.29) is 24.5 Å². The summed E-state index contributed by atoms with van der Waals surface area (Å²) in [6.07, 6.45) is 1.89. The molecule has 2 rings (SSSR count). The van der Waals surface area contributed by atoms with Crippen molar-refractivity contribution in [3.8, 4) is 0 Å². The lowest BCUT2D eigenvalue weighted by molar-refractivity contribution is -0.148. The number of hydrogen-bond acceptors (Lipinski definition) is 4. The molecule has 0 spiro atoms. The molecule has 6 heteroatoms. The quantitative estimate of drug-likeness (QED) is 0.715. The third-order valence-corrected chi connectivity index (χ3v) is 4.65. The molecule has 0 fully saturated rings. The molecule has 0 aliphatic heterocycles. The summed E-state index contributed by atoms with van der Waals surface area (Å²) in [7, 11) is 0. The Hall–Kier alpha value is -1.85. The largest absolute Gasteiger partial charge is 0.456 e. The maximum Gasteiger partial charge on any atom is 0.306 e. The Bertz CT molecular complexity index is 673. The molecule has 0 saturated heterocycles. The number of hydrogen-bond donors (Lipinski definition) is 1. The number of amides is 1. The second kappa shape index (κ2) is 9.45. The first-order valence-electron chi connectivity index (χ1n) is 7.77. The van der Waals surface area contributed by atoms with Gasteiger partial charge in [0.1, 0.15) is 0 Å². The van der Waals surface area contributed by atoms with E-state index in [2.05, 4.69) is 5.32 Å². The van der Waals surface area contributed by atoms with E-state index >= 15 is 0 Å². The van der Waals surface area contributed by atoms with Gasteiger partial charge in [-0.05, 0) is 48.9 Å². The highest BCUT2D eigenvalue weighted by atomic mass is 35.5. The molecule has 0 bridgehead atoms. The predicted octanol–water partition coefficient (Wildman–Crippen LogP) is 4.14. The Kier molecular flexibility index (Phi) is 7.28. The van der Waals surface area contributed by atoms with Crippen LogP contribution in [0.2, 0.25) is 5.02 Å². The molecule has 1 amide bonds. The molecular formula is C18H20ClNO3S. The van der Waals surface area contributed by atoms with E-state index in [1.54, 1.807) is 23.5 Å². The third-order valence-electron chi connectivity index (χ3n) is 3.47. The van der Waals surface area contributed by atoms with Gasteiger partial charge in [-0.25, -0.2) is 0 Å². The normalized spacial score (nSPS) is 11.8. The average molecular weight is 366 g/mol. The molecule has 0 unspecified atom stereocenters. The fourth-order valence-corrected chi connectivity index (χ4v) is 3.17. The highest BCUT2D eigenvalue weighted by Gasteiger charge is 2.12. The van der Waals surface area contributed by atoms with Gasteiger partial charge in [0, 0.05) is 16.3 Å². The topological polar surface area (TPSA) is 55.4 Å². The van der Waals surface area contributed by atoms with Crippen molar-refractivity contribution < 1.29 is 14.3 Å². The Morgan fingerprint density at radius 1 is 1.29 bits per heavy atom. The van der Waals surface area contributed by atoms with Crippen LogP contribution in [0.15, 0.2) is 41.8 Å². The van der Waals surface area contributed by atoms with Gasteiger partial charge in [-0.1, -0.05) is 29.8 Å². The van der Waals surface area contributed by atoms with Crippen molar-refractivity contribution in [3.05, 3.63) is 57.2 Å². The predicted molar refractivity (Wildman–Crippen MR) is 96.2 cm³/mol. The summed E-state index contributed by atoms with van der Waals surface area (Å²) in [5, 5.41) is 5.41. The molecule has 128 valence electrons. The molecule has 1 atom stereocenters. The number of carbonyl (C=O) groups is 2. The van der Waals surface area contributed by atoms with Gasteiger partial charge in [0.05, 0.1) is 6.04 Å². The number of carbonyl (C=O) groups excluding carboxylic acids is 2. The molecule has 0 saturated carbocycles. The van der Waals surface area contributed by atoms with Crippen LogP contribution in [0.1, 0.15) is 36.2 Å². The molecule has 24 heavy (non-hydrogen) atoms. The molecule has 1 aromatic carbocycles. The monoisotopic (exact) mass is 365 g/mol. The fraction of sp³-hybridized carbons (Fsp3) is 0.333. The minimum atomic E-state index is -0.350. The van der Waals surface area contributed by atoms with E-state index in [9.17, 15) is 9.59 Å². The number of nitrogens with one attached hydrogen (secondary N) is 1. The Balaban J connectivity index is 1.65. The summed E-state index contributed by atoms with van der Waals surface area (Å²) < 4.78 is 5.01. The van der Waals surface area contributed by atoms with Gasteiger partial charge in [0.25, 0.3) is 5.91 Å². The van der Waals surface area contributed by atoms with Gasteiger partial charge in [-0.15, -0.1) is 11.3 Å². The number of ether oxygens (including phenoxy) is 1. The van der Waals surface area contributed by atoms with E-state index in [4.69, 9.17) is 16.3 Å². The third kappa shape index (κ3) is 6.34. The van der Waals surface area contributed by atoms with E-state index < -0.39 is 0 Å². The zero-order chi connectivity index (χ0) is 17.4. The summed E-state index contributed by atoms with van der Waals surface area (Å²) in [5.41, 5.74) is 0.901. The number of esters is 1. The first-order valence-corrected chi connectivity index (χ1v) is 9.03. The molecule has 0 radical (unpaired) electrons. The van der Waals surface area contributed by atoms with Gasteiger partial charge >= 0.3 is 5.97 Å². The number of thiophene rings is 1. The van der Waals surface area contributed by atoms with E-state index in [0.717, 1.165) is 18.4 Å². The van der Waals surface area contributed by atoms with Crippen LogP contribution in [0.4, 0.5) is 0 Å². The lowest BCUT2D eigenvalue weighted by Gasteiger charge is -2.14. The second-order valence-electron chi connectivity index (χ2n) is 5.44. The molecule has 1 aromatic heterocycles. The summed E-state index contributed by atoms with van der Waals surface area (Å²) >= 11 is 7.61. The van der Waals surface area contributed by atoms with E-state index in [1.165, 1.54) is 4.88 Å². The van der Waals surface area contributed by atoms with Crippen molar-refractivity contribution in [2.24, 2.45) is 0 Å². The Morgan fingerprint density at radius 3 is 2.83 bits per heavy atom. The molecule has 1 heterocycles. The van der Waals surface area contributed by atoms with Crippen LogP contribution >= 0.6 is 22.9 Å². The first kappa shape index (κ1) is 18.5. The highest BCUT2D eigenvalue weighted by molar-refractivity contribution is 7.09. The number of benzene rings is 1. The summed E-state index contributed by atoms with van der Waals surface area (Å²) in [6.45, 7) is 1.59. The van der Waals surface area contributed by atoms with E-state index in [1.807, 2.05) is 36.6 Å². The zero-order valence-corrected chi connectivity index (χ0v) is 15.0. The lowest BCUT2D eigenvalue weighted by atomic mass is 10.1. The molecule has 1 N–H and O–H groups in total. The number of halogens is 1. The molecule has 0 aliphatic carbocycles. The number of aryl methyl sites for hydroxylation is 1. The minimum absolute atomic E-state index is 0.200. The fourth-order valence-electron chi connectivity index (χ4n) is 2.22. The minimum Gasteiger partial charge on any atom is -0.456 e.